The molecule has 3 nitrogen and oxygen atoms in total. The first-order valence-corrected chi connectivity index (χ1v) is 10.1. The second kappa shape index (κ2) is 7.87. The fourth-order valence-corrected chi connectivity index (χ4v) is 3.62. The molecule has 1 aromatic rings. The zero-order valence-electron chi connectivity index (χ0n) is 11.9. The van der Waals surface area contributed by atoms with Crippen molar-refractivity contribution in [2.75, 3.05) is 18.7 Å². The Morgan fingerprint density at radius 2 is 2.29 bits per heavy atom. The molecule has 0 fully saturated rings. The van der Waals surface area contributed by atoms with Gasteiger partial charge in [0.1, 0.15) is 11.7 Å². The number of benzene rings is 1. The highest BCUT2D eigenvalue weighted by atomic mass is 127. The molecule has 1 amide bonds. The minimum absolute atomic E-state index is 0.0364. The lowest BCUT2D eigenvalue weighted by Crippen LogP contribution is -2.38. The van der Waals surface area contributed by atoms with Gasteiger partial charge in [-0.05, 0) is 53.7 Å². The summed E-state index contributed by atoms with van der Waals surface area (Å²) in [7, 11) is 0. The third-order valence-electron chi connectivity index (χ3n) is 3.22. The average molecular weight is 482 g/mol. The fourth-order valence-electron chi connectivity index (χ4n) is 2.22. The van der Waals surface area contributed by atoms with Crippen molar-refractivity contribution >= 4 is 61.9 Å². The summed E-state index contributed by atoms with van der Waals surface area (Å²) in [4.78, 5) is 14.1. The van der Waals surface area contributed by atoms with Crippen molar-refractivity contribution in [2.24, 2.45) is 0 Å². The van der Waals surface area contributed by atoms with E-state index in [0.29, 0.717) is 12.5 Å². The number of nitrogens with zero attached hydrogens (tertiary/aromatic N) is 1. The number of halogens is 2. The van der Waals surface area contributed by atoms with Crippen LogP contribution in [0.4, 0.5) is 0 Å². The van der Waals surface area contributed by atoms with Crippen LogP contribution in [-0.4, -0.2) is 33.5 Å². The molecule has 1 aliphatic rings. The van der Waals surface area contributed by atoms with Crippen LogP contribution in [0.5, 0.6) is 5.75 Å². The number of allylic oxidation sites excluding steroid dienone is 1. The van der Waals surface area contributed by atoms with E-state index in [4.69, 9.17) is 4.74 Å². The molecule has 0 aliphatic carbocycles. The van der Waals surface area contributed by atoms with Crippen LogP contribution in [0.1, 0.15) is 18.9 Å². The highest BCUT2D eigenvalue weighted by Crippen LogP contribution is 2.34. The molecular weight excluding hydrogens is 465 g/mol. The van der Waals surface area contributed by atoms with Gasteiger partial charge in [-0.3, -0.25) is 4.79 Å². The Bertz CT molecular complexity index is 565. The van der Waals surface area contributed by atoms with E-state index in [2.05, 4.69) is 44.6 Å². The quantitative estimate of drug-likeness (QED) is 0.351. The molecular formula is C15H17BrINO2S. The van der Waals surface area contributed by atoms with Gasteiger partial charge in [-0.2, -0.15) is 0 Å². The van der Waals surface area contributed by atoms with Crippen molar-refractivity contribution in [3.05, 3.63) is 34.3 Å². The van der Waals surface area contributed by atoms with Crippen molar-refractivity contribution in [1.29, 1.82) is 0 Å². The van der Waals surface area contributed by atoms with E-state index in [0.717, 1.165) is 27.9 Å². The Hall–Kier alpha value is -0.210. The summed E-state index contributed by atoms with van der Waals surface area (Å²) in [6, 6.07) is 5.92. The van der Waals surface area contributed by atoms with Crippen molar-refractivity contribution in [3.63, 3.8) is 0 Å². The summed E-state index contributed by atoms with van der Waals surface area (Å²) >= 11 is 7.45. The highest BCUT2D eigenvalue weighted by Gasteiger charge is 2.28. The van der Waals surface area contributed by atoms with Gasteiger partial charge >= 0.3 is 0 Å². The molecule has 0 N–H and O–H groups in total. The molecule has 0 saturated carbocycles. The van der Waals surface area contributed by atoms with E-state index in [1.165, 1.54) is 0 Å². The van der Waals surface area contributed by atoms with Crippen LogP contribution in [0.15, 0.2) is 28.7 Å². The molecule has 0 saturated heterocycles. The van der Waals surface area contributed by atoms with E-state index in [1.807, 2.05) is 36.3 Å². The van der Waals surface area contributed by atoms with Gasteiger partial charge < -0.3 is 9.64 Å². The number of amides is 1. The predicted octanol–water partition coefficient (Wildman–Crippen LogP) is 4.55. The molecule has 21 heavy (non-hydrogen) atoms. The van der Waals surface area contributed by atoms with Crippen LogP contribution in [0.3, 0.4) is 0 Å². The molecule has 0 aromatic heterocycles. The average Bonchev–Trinajstić information content (AvgIpc) is 2.48. The molecule has 1 aromatic carbocycles. The Morgan fingerprint density at radius 3 is 2.90 bits per heavy atom. The van der Waals surface area contributed by atoms with Crippen LogP contribution in [0, 0.1) is 0 Å². The number of alkyl halides is 1. The maximum Gasteiger partial charge on any atom is 0.240 e. The van der Waals surface area contributed by atoms with Crippen LogP contribution in [-0.2, 0) is 4.79 Å². The zero-order valence-corrected chi connectivity index (χ0v) is 16.5. The molecule has 0 bridgehead atoms. The molecule has 1 unspecified atom stereocenters. The van der Waals surface area contributed by atoms with Gasteiger partial charge in [0.25, 0.3) is 0 Å². The van der Waals surface area contributed by atoms with Crippen LogP contribution in [0.2, 0.25) is 0 Å². The number of rotatable bonds is 5. The molecule has 1 atom stereocenters. The first-order chi connectivity index (χ1) is 10.1. The van der Waals surface area contributed by atoms with Gasteiger partial charge in [0, 0.05) is 22.3 Å². The van der Waals surface area contributed by atoms with Crippen LogP contribution >= 0.6 is 50.3 Å². The van der Waals surface area contributed by atoms with Crippen LogP contribution < -0.4 is 4.74 Å². The van der Waals surface area contributed by atoms with E-state index in [-0.39, 0.29) is 9.83 Å². The molecule has 0 spiro atoms. The van der Waals surface area contributed by atoms with Gasteiger partial charge in [-0.15, -0.1) is 11.8 Å². The van der Waals surface area contributed by atoms with Gasteiger partial charge in [0.2, 0.25) is 5.91 Å². The second-order valence-electron chi connectivity index (χ2n) is 4.57. The van der Waals surface area contributed by atoms with Crippen molar-refractivity contribution in [2.45, 2.75) is 17.3 Å². The minimum Gasteiger partial charge on any atom is -0.483 e. The normalized spacial score (nSPS) is 18.7. The third-order valence-corrected chi connectivity index (χ3v) is 5.27. The topological polar surface area (TPSA) is 29.5 Å². The number of ether oxygens (including phenoxy) is 1. The Balaban J connectivity index is 2.30. The Morgan fingerprint density at radius 1 is 1.52 bits per heavy atom. The Kier molecular flexibility index (Phi) is 6.43. The minimum atomic E-state index is 0.0364. The highest BCUT2D eigenvalue weighted by molar-refractivity contribution is 14.1. The first kappa shape index (κ1) is 17.1. The lowest BCUT2D eigenvalue weighted by molar-refractivity contribution is -0.127. The van der Waals surface area contributed by atoms with Crippen molar-refractivity contribution < 1.29 is 9.53 Å². The second-order valence-corrected chi connectivity index (χ2v) is 7.74. The standard InChI is InChI=1S/C15H17BrINO2S/c1-3-18-14(7-6-13(17)15(18)19)11-5-4-10(8-12(11)16)20-9-21-2/h4-5,7-8,13H,3,6,9H2,1-2H3. The summed E-state index contributed by atoms with van der Waals surface area (Å²) < 4.78 is 6.59. The number of hydrogen-bond donors (Lipinski definition) is 0. The molecule has 0 radical (unpaired) electrons. The SMILES string of the molecule is CCN1C(=O)C(I)CC=C1c1ccc(OCSC)cc1Br. The summed E-state index contributed by atoms with van der Waals surface area (Å²) in [6.45, 7) is 2.69. The molecule has 1 aliphatic heterocycles. The number of hydrogen-bond acceptors (Lipinski definition) is 3. The van der Waals surface area contributed by atoms with E-state index < -0.39 is 0 Å². The maximum absolute atomic E-state index is 12.3. The summed E-state index contributed by atoms with van der Waals surface area (Å²) in [5.74, 6) is 1.65. The lowest BCUT2D eigenvalue weighted by Gasteiger charge is -2.31. The predicted molar refractivity (Wildman–Crippen MR) is 101 cm³/mol. The molecule has 114 valence electrons. The third kappa shape index (κ3) is 3.96. The van der Waals surface area contributed by atoms with Gasteiger partial charge in [-0.1, -0.05) is 28.7 Å². The van der Waals surface area contributed by atoms with E-state index >= 15 is 0 Å². The number of carbonyl (C=O) groups is 1. The van der Waals surface area contributed by atoms with Crippen LogP contribution in [0.25, 0.3) is 5.70 Å². The summed E-state index contributed by atoms with van der Waals surface area (Å²) in [5, 5.41) is 0. The Labute approximate surface area is 151 Å². The maximum atomic E-state index is 12.3. The molecule has 1 heterocycles. The lowest BCUT2D eigenvalue weighted by atomic mass is 10.0. The van der Waals surface area contributed by atoms with Gasteiger partial charge in [0.05, 0.1) is 3.92 Å². The zero-order chi connectivity index (χ0) is 15.4. The van der Waals surface area contributed by atoms with Crippen molar-refractivity contribution in [1.82, 2.24) is 4.90 Å². The largest absolute Gasteiger partial charge is 0.483 e. The molecule has 2 rings (SSSR count). The van der Waals surface area contributed by atoms with E-state index in [1.54, 1.807) is 11.8 Å². The summed E-state index contributed by atoms with van der Waals surface area (Å²) in [5.41, 5.74) is 2.02. The fraction of sp³-hybridized carbons (Fsp3) is 0.400. The smallest absolute Gasteiger partial charge is 0.240 e. The number of carbonyl (C=O) groups excluding carboxylic acids is 1. The first-order valence-electron chi connectivity index (χ1n) is 6.65. The molecule has 6 heteroatoms. The van der Waals surface area contributed by atoms with Crippen molar-refractivity contribution in [3.8, 4) is 5.75 Å². The monoisotopic (exact) mass is 481 g/mol. The van der Waals surface area contributed by atoms with Gasteiger partial charge in [-0.25, -0.2) is 0 Å². The number of thioether (sulfide) groups is 1. The van der Waals surface area contributed by atoms with Gasteiger partial charge in [0.15, 0.2) is 0 Å². The van der Waals surface area contributed by atoms with E-state index in [9.17, 15) is 4.79 Å². The summed E-state index contributed by atoms with van der Waals surface area (Å²) in [6.07, 6.45) is 4.92.